The minimum Gasteiger partial charge on any atom is -0.427 e. The molecule has 0 spiro atoms. The van der Waals surface area contributed by atoms with Gasteiger partial charge in [0.15, 0.2) is 6.10 Å². The first kappa shape index (κ1) is 6.68. The third-order valence-corrected chi connectivity index (χ3v) is 1.51. The van der Waals surface area contributed by atoms with E-state index in [0.717, 1.165) is 0 Å². The van der Waals surface area contributed by atoms with Gasteiger partial charge >= 0.3 is 6.16 Å². The highest BCUT2D eigenvalue weighted by atomic mass is 35.5. The summed E-state index contributed by atoms with van der Waals surface area (Å²) in [6.07, 6.45) is -1.08. The van der Waals surface area contributed by atoms with E-state index < -0.39 is 6.16 Å². The van der Waals surface area contributed by atoms with Crippen molar-refractivity contribution < 1.29 is 14.3 Å². The number of alkyl halides is 1. The van der Waals surface area contributed by atoms with Crippen LogP contribution in [0.5, 0.6) is 0 Å². The average Bonchev–Trinajstić information content (AvgIpc) is 2.10. The van der Waals surface area contributed by atoms with Gasteiger partial charge in [0.05, 0.1) is 5.88 Å². The highest BCUT2D eigenvalue weighted by molar-refractivity contribution is 6.18. The molecule has 0 aromatic carbocycles. The molecule has 1 rings (SSSR count). The van der Waals surface area contributed by atoms with E-state index in [1.54, 1.807) is 6.92 Å². The van der Waals surface area contributed by atoms with Crippen molar-refractivity contribution in [2.75, 3.05) is 5.88 Å². The summed E-state index contributed by atoms with van der Waals surface area (Å²) in [7, 11) is 0. The van der Waals surface area contributed by atoms with Gasteiger partial charge in [-0.3, -0.25) is 0 Å². The second kappa shape index (κ2) is 2.43. The van der Waals surface area contributed by atoms with E-state index in [4.69, 9.17) is 11.6 Å². The second-order valence-electron chi connectivity index (χ2n) is 1.88. The molecule has 0 aromatic heterocycles. The lowest BCUT2D eigenvalue weighted by molar-refractivity contribution is 0.118. The van der Waals surface area contributed by atoms with Crippen molar-refractivity contribution in [3.05, 3.63) is 0 Å². The van der Waals surface area contributed by atoms with E-state index in [1.807, 2.05) is 0 Å². The lowest BCUT2D eigenvalue weighted by atomic mass is 10.3. The monoisotopic (exact) mass is 150 g/mol. The van der Waals surface area contributed by atoms with Gasteiger partial charge in [0.2, 0.25) is 0 Å². The van der Waals surface area contributed by atoms with Gasteiger partial charge in [0, 0.05) is 0 Å². The van der Waals surface area contributed by atoms with Crippen LogP contribution in [0.2, 0.25) is 0 Å². The fraction of sp³-hybridized carbons (Fsp3) is 0.800. The molecule has 0 saturated carbocycles. The van der Waals surface area contributed by atoms with Crippen LogP contribution in [0.3, 0.4) is 0 Å². The van der Waals surface area contributed by atoms with Gasteiger partial charge in [0.1, 0.15) is 6.10 Å². The van der Waals surface area contributed by atoms with E-state index in [2.05, 4.69) is 9.47 Å². The Bertz CT molecular complexity index is 125. The van der Waals surface area contributed by atoms with Crippen LogP contribution in [-0.2, 0) is 9.47 Å². The average molecular weight is 151 g/mol. The maximum absolute atomic E-state index is 10.3. The predicted molar refractivity (Wildman–Crippen MR) is 31.5 cm³/mol. The molecule has 1 heterocycles. The number of carbonyl (C=O) groups is 1. The van der Waals surface area contributed by atoms with Crippen LogP contribution < -0.4 is 0 Å². The minimum absolute atomic E-state index is 0.199. The number of hydrogen-bond donors (Lipinski definition) is 0. The molecule has 0 bridgehead atoms. The van der Waals surface area contributed by atoms with Crippen molar-refractivity contribution in [3.63, 3.8) is 0 Å². The number of rotatable bonds is 1. The highest BCUT2D eigenvalue weighted by Gasteiger charge is 2.31. The Morgan fingerprint density at radius 1 is 1.67 bits per heavy atom. The van der Waals surface area contributed by atoms with Crippen molar-refractivity contribution in [1.82, 2.24) is 0 Å². The number of carbonyl (C=O) groups excluding carboxylic acids is 1. The fourth-order valence-corrected chi connectivity index (χ4v) is 0.946. The van der Waals surface area contributed by atoms with Crippen LogP contribution >= 0.6 is 11.6 Å². The molecule has 2 unspecified atom stereocenters. The molecule has 0 N–H and O–H groups in total. The Balaban J connectivity index is 2.47. The molecule has 1 aliphatic heterocycles. The summed E-state index contributed by atoms with van der Waals surface area (Å²) >= 11 is 5.41. The Labute approximate surface area is 57.9 Å². The molecule has 0 aliphatic carbocycles. The molecule has 1 saturated heterocycles. The number of cyclic esters (lactones) is 2. The van der Waals surface area contributed by atoms with Crippen molar-refractivity contribution in [1.29, 1.82) is 0 Å². The zero-order valence-corrected chi connectivity index (χ0v) is 5.72. The largest absolute Gasteiger partial charge is 0.509 e. The number of ether oxygens (including phenoxy) is 2. The van der Waals surface area contributed by atoms with Gasteiger partial charge in [-0.2, -0.15) is 0 Å². The van der Waals surface area contributed by atoms with Crippen molar-refractivity contribution in [2.24, 2.45) is 0 Å². The molecule has 1 aliphatic rings. The first-order valence-electron chi connectivity index (χ1n) is 2.67. The lowest BCUT2D eigenvalue weighted by Crippen LogP contribution is -2.20. The summed E-state index contributed by atoms with van der Waals surface area (Å²) in [4.78, 5) is 10.3. The SMILES string of the molecule is CC1OC(=O)OC1CCl. The standard InChI is InChI=1S/C5H7ClO3/c1-3-4(2-6)9-5(7)8-3/h3-4H,2H2,1H3. The normalized spacial score (nSPS) is 33.8. The minimum atomic E-state index is -0.617. The fourth-order valence-electron chi connectivity index (χ4n) is 0.632. The van der Waals surface area contributed by atoms with E-state index in [-0.39, 0.29) is 12.2 Å². The molecule has 52 valence electrons. The lowest BCUT2D eigenvalue weighted by Gasteiger charge is -2.04. The Morgan fingerprint density at radius 2 is 2.33 bits per heavy atom. The molecule has 0 radical (unpaired) electrons. The predicted octanol–water partition coefficient (Wildman–Crippen LogP) is 1.15. The zero-order chi connectivity index (χ0) is 6.85. The summed E-state index contributed by atoms with van der Waals surface area (Å²) in [5, 5.41) is 0. The molecule has 9 heavy (non-hydrogen) atoms. The van der Waals surface area contributed by atoms with Crippen LogP contribution in [0, 0.1) is 0 Å². The summed E-state index contributed by atoms with van der Waals surface area (Å²) in [6, 6.07) is 0. The van der Waals surface area contributed by atoms with Gasteiger partial charge in [-0.25, -0.2) is 4.79 Å². The Morgan fingerprint density at radius 3 is 2.56 bits per heavy atom. The third kappa shape index (κ3) is 1.27. The second-order valence-corrected chi connectivity index (χ2v) is 2.19. The van der Waals surface area contributed by atoms with E-state index in [1.165, 1.54) is 0 Å². The summed E-state index contributed by atoms with van der Waals surface area (Å²) in [5.74, 6) is 0.299. The number of halogens is 1. The molecule has 0 amide bonds. The van der Waals surface area contributed by atoms with Gasteiger partial charge in [-0.05, 0) is 6.92 Å². The van der Waals surface area contributed by atoms with Crippen LogP contribution in [0.4, 0.5) is 4.79 Å². The van der Waals surface area contributed by atoms with Crippen molar-refractivity contribution >= 4 is 17.8 Å². The first-order valence-corrected chi connectivity index (χ1v) is 3.20. The third-order valence-electron chi connectivity index (χ3n) is 1.21. The molecule has 1 fully saturated rings. The van der Waals surface area contributed by atoms with E-state index in [9.17, 15) is 4.79 Å². The molecule has 4 heteroatoms. The molecular weight excluding hydrogens is 144 g/mol. The van der Waals surface area contributed by atoms with Gasteiger partial charge in [-0.1, -0.05) is 0 Å². The van der Waals surface area contributed by atoms with Crippen LogP contribution in [0.1, 0.15) is 6.92 Å². The van der Waals surface area contributed by atoms with Crippen LogP contribution in [0.25, 0.3) is 0 Å². The molecule has 0 aromatic rings. The smallest absolute Gasteiger partial charge is 0.427 e. The summed E-state index contributed by atoms with van der Waals surface area (Å²) < 4.78 is 9.25. The quantitative estimate of drug-likeness (QED) is 0.416. The van der Waals surface area contributed by atoms with Crippen molar-refractivity contribution in [2.45, 2.75) is 19.1 Å². The maximum atomic E-state index is 10.3. The molecule has 2 atom stereocenters. The molecule has 3 nitrogen and oxygen atoms in total. The topological polar surface area (TPSA) is 35.5 Å². The van der Waals surface area contributed by atoms with Gasteiger partial charge < -0.3 is 9.47 Å². The highest BCUT2D eigenvalue weighted by Crippen LogP contribution is 2.14. The van der Waals surface area contributed by atoms with Gasteiger partial charge in [-0.15, -0.1) is 11.6 Å². The Hall–Kier alpha value is -0.440. The van der Waals surface area contributed by atoms with E-state index in [0.29, 0.717) is 5.88 Å². The summed E-state index contributed by atoms with van der Waals surface area (Å²) in [5.41, 5.74) is 0. The van der Waals surface area contributed by atoms with Gasteiger partial charge in [0.25, 0.3) is 0 Å². The van der Waals surface area contributed by atoms with Crippen LogP contribution in [0.15, 0.2) is 0 Å². The molecular formula is C5H7ClO3. The van der Waals surface area contributed by atoms with Crippen molar-refractivity contribution in [3.8, 4) is 0 Å². The summed E-state index contributed by atoms with van der Waals surface area (Å²) in [6.45, 7) is 1.75. The van der Waals surface area contributed by atoms with E-state index >= 15 is 0 Å². The first-order chi connectivity index (χ1) is 4.24. The number of hydrogen-bond acceptors (Lipinski definition) is 3. The maximum Gasteiger partial charge on any atom is 0.509 e. The van der Waals surface area contributed by atoms with Crippen LogP contribution in [-0.4, -0.2) is 24.2 Å². The Kier molecular flexibility index (Phi) is 1.81. The zero-order valence-electron chi connectivity index (χ0n) is 4.96.